The summed E-state index contributed by atoms with van der Waals surface area (Å²) in [5.74, 6) is 0.845. The summed E-state index contributed by atoms with van der Waals surface area (Å²) in [6.07, 6.45) is 1.95. The van der Waals surface area contributed by atoms with E-state index in [0.29, 0.717) is 6.54 Å². The molecule has 0 aliphatic carbocycles. The molecule has 1 aromatic rings. The van der Waals surface area contributed by atoms with Crippen LogP contribution in [0.4, 0.5) is 0 Å². The molecule has 0 unspecified atom stereocenters. The fourth-order valence-electron chi connectivity index (χ4n) is 1.23. The van der Waals surface area contributed by atoms with E-state index in [2.05, 4.69) is 0 Å². The number of aliphatic hydroxyl groups excluding tert-OH is 1. The number of ether oxygens (including phenoxy) is 1. The molecule has 3 heteroatoms. The van der Waals surface area contributed by atoms with Gasteiger partial charge in [0.2, 0.25) is 0 Å². The van der Waals surface area contributed by atoms with Crippen molar-refractivity contribution in [2.24, 2.45) is 0 Å². The molecule has 1 N–H and O–H groups in total. The molecule has 0 heterocycles. The van der Waals surface area contributed by atoms with Gasteiger partial charge in [-0.25, -0.2) is 4.58 Å². The molecule has 1 aromatic carbocycles. The maximum absolute atomic E-state index is 8.75. The summed E-state index contributed by atoms with van der Waals surface area (Å²) < 4.78 is 7.13. The Morgan fingerprint density at radius 2 is 2.14 bits per heavy atom. The first kappa shape index (κ1) is 10.7. The monoisotopic (exact) mass is 194 g/mol. The molecule has 3 nitrogen and oxygen atoms in total. The van der Waals surface area contributed by atoms with Gasteiger partial charge in [-0.05, 0) is 12.1 Å². The molecule has 0 spiro atoms. The zero-order valence-electron chi connectivity index (χ0n) is 8.60. The van der Waals surface area contributed by atoms with Crippen LogP contribution in [0.1, 0.15) is 5.56 Å². The Hall–Kier alpha value is -1.35. The predicted octanol–water partition coefficient (Wildman–Crippen LogP) is 0.749. The van der Waals surface area contributed by atoms with E-state index in [0.717, 1.165) is 11.3 Å². The van der Waals surface area contributed by atoms with Gasteiger partial charge in [-0.15, -0.1) is 0 Å². The number of hydrogen-bond donors (Lipinski definition) is 1. The molecule has 76 valence electrons. The number of likely N-dealkylation sites (N-methyl/N-ethyl adjacent to an activating group) is 1. The zero-order chi connectivity index (χ0) is 10.4. The number of methoxy groups -OCH3 is 1. The van der Waals surface area contributed by atoms with Crippen molar-refractivity contribution in [3.8, 4) is 5.75 Å². The summed E-state index contributed by atoms with van der Waals surface area (Å²) in [5, 5.41) is 8.75. The standard InChI is InChI=1S/C11H16NO2/c1-12(7-8-13)9-10-5-3-4-6-11(10)14-2/h3-6,9,13H,7-8H2,1-2H3/q+1. The summed E-state index contributed by atoms with van der Waals surface area (Å²) in [4.78, 5) is 0. The van der Waals surface area contributed by atoms with Crippen LogP contribution in [0.5, 0.6) is 5.75 Å². The molecule has 0 radical (unpaired) electrons. The van der Waals surface area contributed by atoms with Crippen molar-refractivity contribution in [3.05, 3.63) is 29.8 Å². The van der Waals surface area contributed by atoms with Crippen LogP contribution in [0.15, 0.2) is 24.3 Å². The van der Waals surface area contributed by atoms with Crippen LogP contribution in [0.2, 0.25) is 0 Å². The van der Waals surface area contributed by atoms with Gasteiger partial charge in [0.1, 0.15) is 19.4 Å². The highest BCUT2D eigenvalue weighted by Gasteiger charge is 2.02. The molecular weight excluding hydrogens is 178 g/mol. The van der Waals surface area contributed by atoms with Gasteiger partial charge >= 0.3 is 0 Å². The molecule has 0 fully saturated rings. The minimum absolute atomic E-state index is 0.155. The molecular formula is C11H16NO2+. The zero-order valence-corrected chi connectivity index (χ0v) is 8.60. The van der Waals surface area contributed by atoms with Crippen LogP contribution in [-0.4, -0.2) is 43.2 Å². The highest BCUT2D eigenvalue weighted by molar-refractivity contribution is 5.79. The van der Waals surface area contributed by atoms with Crippen molar-refractivity contribution in [3.63, 3.8) is 0 Å². The van der Waals surface area contributed by atoms with Gasteiger partial charge in [-0.2, -0.15) is 0 Å². The van der Waals surface area contributed by atoms with Gasteiger partial charge in [0.25, 0.3) is 0 Å². The smallest absolute Gasteiger partial charge is 0.174 e. The number of benzene rings is 1. The van der Waals surface area contributed by atoms with Gasteiger partial charge in [0.05, 0.1) is 12.7 Å². The minimum atomic E-state index is 0.155. The van der Waals surface area contributed by atoms with Crippen molar-refractivity contribution in [1.82, 2.24) is 0 Å². The number of nitrogens with zero attached hydrogens (tertiary/aromatic N) is 1. The molecule has 0 atom stereocenters. The molecule has 0 saturated heterocycles. The summed E-state index contributed by atoms with van der Waals surface area (Å²) in [6, 6.07) is 7.79. The first-order valence-electron chi connectivity index (χ1n) is 4.57. The van der Waals surface area contributed by atoms with Crippen LogP contribution in [0.25, 0.3) is 0 Å². The lowest BCUT2D eigenvalue weighted by Gasteiger charge is -2.02. The Balaban J connectivity index is 2.89. The lowest BCUT2D eigenvalue weighted by atomic mass is 10.2. The molecule has 0 bridgehead atoms. The van der Waals surface area contributed by atoms with E-state index < -0.39 is 0 Å². The summed E-state index contributed by atoms with van der Waals surface area (Å²) in [5.41, 5.74) is 1.02. The van der Waals surface area contributed by atoms with Crippen LogP contribution < -0.4 is 4.74 Å². The van der Waals surface area contributed by atoms with Crippen LogP contribution in [0.3, 0.4) is 0 Å². The highest BCUT2D eigenvalue weighted by atomic mass is 16.5. The van der Waals surface area contributed by atoms with Crippen molar-refractivity contribution in [1.29, 1.82) is 0 Å². The quantitative estimate of drug-likeness (QED) is 0.566. The van der Waals surface area contributed by atoms with Gasteiger partial charge in [0, 0.05) is 0 Å². The fraction of sp³-hybridized carbons (Fsp3) is 0.364. The van der Waals surface area contributed by atoms with E-state index in [-0.39, 0.29) is 6.61 Å². The summed E-state index contributed by atoms with van der Waals surface area (Å²) in [7, 11) is 3.57. The molecule has 0 aromatic heterocycles. The first-order chi connectivity index (χ1) is 6.77. The average Bonchev–Trinajstić information content (AvgIpc) is 2.19. The van der Waals surface area contributed by atoms with Crippen molar-refractivity contribution >= 4 is 6.21 Å². The Bertz CT molecular complexity index is 321. The van der Waals surface area contributed by atoms with Crippen LogP contribution in [0, 0.1) is 0 Å². The van der Waals surface area contributed by atoms with Crippen LogP contribution >= 0.6 is 0 Å². The van der Waals surface area contributed by atoms with E-state index in [1.54, 1.807) is 7.11 Å². The van der Waals surface area contributed by atoms with E-state index in [9.17, 15) is 0 Å². The summed E-state index contributed by atoms with van der Waals surface area (Å²) in [6.45, 7) is 0.778. The highest BCUT2D eigenvalue weighted by Crippen LogP contribution is 2.14. The topological polar surface area (TPSA) is 32.5 Å². The number of para-hydroxylation sites is 1. The number of hydrogen-bond acceptors (Lipinski definition) is 2. The Morgan fingerprint density at radius 3 is 2.79 bits per heavy atom. The van der Waals surface area contributed by atoms with Crippen molar-refractivity contribution < 1.29 is 14.4 Å². The van der Waals surface area contributed by atoms with Crippen LogP contribution in [-0.2, 0) is 0 Å². The second kappa shape index (κ2) is 5.40. The minimum Gasteiger partial charge on any atom is -0.496 e. The van der Waals surface area contributed by atoms with Gasteiger partial charge in [-0.1, -0.05) is 12.1 Å². The van der Waals surface area contributed by atoms with E-state index in [1.807, 2.05) is 42.1 Å². The summed E-state index contributed by atoms with van der Waals surface area (Å²) >= 11 is 0. The second-order valence-electron chi connectivity index (χ2n) is 3.08. The maximum Gasteiger partial charge on any atom is 0.174 e. The third-order valence-corrected chi connectivity index (χ3v) is 1.95. The first-order valence-corrected chi connectivity index (χ1v) is 4.57. The molecule has 0 aliphatic rings. The number of rotatable bonds is 4. The maximum atomic E-state index is 8.75. The fourth-order valence-corrected chi connectivity index (χ4v) is 1.23. The Kier molecular flexibility index (Phi) is 4.13. The third kappa shape index (κ3) is 2.85. The van der Waals surface area contributed by atoms with Gasteiger partial charge < -0.3 is 9.84 Å². The predicted molar refractivity (Wildman–Crippen MR) is 56.3 cm³/mol. The van der Waals surface area contributed by atoms with E-state index in [1.165, 1.54) is 0 Å². The number of aliphatic hydroxyl groups is 1. The average molecular weight is 194 g/mol. The third-order valence-electron chi connectivity index (χ3n) is 1.95. The molecule has 0 aliphatic heterocycles. The van der Waals surface area contributed by atoms with Crippen molar-refractivity contribution in [2.45, 2.75) is 0 Å². The molecule has 1 rings (SSSR count). The lowest BCUT2D eigenvalue weighted by Crippen LogP contribution is -2.13. The van der Waals surface area contributed by atoms with E-state index >= 15 is 0 Å². The molecule has 0 saturated carbocycles. The SMILES string of the molecule is COc1ccccc1C=[N+](C)CCO. The molecule has 14 heavy (non-hydrogen) atoms. The van der Waals surface area contributed by atoms with E-state index in [4.69, 9.17) is 9.84 Å². The Morgan fingerprint density at radius 1 is 1.43 bits per heavy atom. The Labute approximate surface area is 84.3 Å². The van der Waals surface area contributed by atoms with Gasteiger partial charge in [0.15, 0.2) is 12.8 Å². The van der Waals surface area contributed by atoms with Crippen molar-refractivity contribution in [2.75, 3.05) is 27.3 Å². The lowest BCUT2D eigenvalue weighted by molar-refractivity contribution is -0.494. The molecule has 0 amide bonds. The normalized spacial score (nSPS) is 11.5. The largest absolute Gasteiger partial charge is 0.496 e. The van der Waals surface area contributed by atoms with Gasteiger partial charge in [-0.3, -0.25) is 0 Å². The second-order valence-corrected chi connectivity index (χ2v) is 3.08.